The quantitative estimate of drug-likeness (QED) is 0.839. The van der Waals surface area contributed by atoms with Crippen molar-refractivity contribution < 1.29 is 9.90 Å². The first-order valence-electron chi connectivity index (χ1n) is 7.32. The minimum Gasteiger partial charge on any atom is -0.507 e. The van der Waals surface area contributed by atoms with Gasteiger partial charge in [-0.1, -0.05) is 6.92 Å². The topological polar surface area (TPSA) is 43.8 Å². The number of carbonyl (C=O) groups excluding carboxylic acids is 1. The van der Waals surface area contributed by atoms with E-state index in [1.807, 2.05) is 13.1 Å². The zero-order valence-electron chi connectivity index (χ0n) is 12.6. The van der Waals surface area contributed by atoms with Gasteiger partial charge in [0.05, 0.1) is 5.56 Å². The van der Waals surface area contributed by atoms with Gasteiger partial charge in [0.1, 0.15) is 5.75 Å². The van der Waals surface area contributed by atoms with E-state index in [-0.39, 0.29) is 11.5 Å². The zero-order chi connectivity index (χ0) is 14.7. The second-order valence-electron chi connectivity index (χ2n) is 5.56. The van der Waals surface area contributed by atoms with Gasteiger partial charge in [0.15, 0.2) is 5.78 Å². The molecule has 1 aromatic carbocycles. The minimum absolute atomic E-state index is 0.0700. The van der Waals surface area contributed by atoms with E-state index in [0.29, 0.717) is 11.6 Å². The molecule has 20 heavy (non-hydrogen) atoms. The van der Waals surface area contributed by atoms with Crippen molar-refractivity contribution in [2.24, 2.45) is 0 Å². The number of ketones is 1. The Hall–Kier alpha value is -1.55. The first-order chi connectivity index (χ1) is 9.52. The molecule has 1 fully saturated rings. The molecule has 1 unspecified atom stereocenters. The summed E-state index contributed by atoms with van der Waals surface area (Å²) in [5, 5.41) is 9.91. The molecule has 0 saturated carbocycles. The number of hydrogen-bond acceptors (Lipinski definition) is 4. The van der Waals surface area contributed by atoms with Gasteiger partial charge in [-0.05, 0) is 45.0 Å². The molecule has 0 spiro atoms. The number of phenols is 1. The van der Waals surface area contributed by atoms with Crippen molar-refractivity contribution in [2.45, 2.75) is 32.7 Å². The van der Waals surface area contributed by atoms with Crippen molar-refractivity contribution in [2.75, 3.05) is 31.6 Å². The summed E-state index contributed by atoms with van der Waals surface area (Å²) >= 11 is 0. The third-order valence-corrected chi connectivity index (χ3v) is 4.19. The maximum Gasteiger partial charge on any atom is 0.163 e. The highest BCUT2D eigenvalue weighted by Gasteiger charge is 2.24. The Labute approximate surface area is 121 Å². The maximum absolute atomic E-state index is 11.3. The van der Waals surface area contributed by atoms with Crippen LogP contribution in [0.15, 0.2) is 18.2 Å². The van der Waals surface area contributed by atoms with Gasteiger partial charge in [-0.2, -0.15) is 0 Å². The van der Waals surface area contributed by atoms with Crippen LogP contribution in [0.4, 0.5) is 5.69 Å². The first kappa shape index (κ1) is 14.9. The summed E-state index contributed by atoms with van der Waals surface area (Å²) in [5.41, 5.74) is 1.34. The van der Waals surface area contributed by atoms with Gasteiger partial charge in [0.2, 0.25) is 0 Å². The molecule has 1 heterocycles. The number of carbonyl (C=O) groups is 1. The van der Waals surface area contributed by atoms with Gasteiger partial charge >= 0.3 is 0 Å². The number of rotatable bonds is 5. The third kappa shape index (κ3) is 3.12. The summed E-state index contributed by atoms with van der Waals surface area (Å²) in [7, 11) is 2.04. The van der Waals surface area contributed by atoms with Crippen LogP contribution in [0.1, 0.15) is 37.0 Å². The van der Waals surface area contributed by atoms with E-state index in [4.69, 9.17) is 0 Å². The van der Waals surface area contributed by atoms with Crippen molar-refractivity contribution in [3.05, 3.63) is 23.8 Å². The highest BCUT2D eigenvalue weighted by molar-refractivity contribution is 5.97. The summed E-state index contributed by atoms with van der Waals surface area (Å²) in [4.78, 5) is 16.0. The minimum atomic E-state index is -0.107. The molecule has 110 valence electrons. The van der Waals surface area contributed by atoms with E-state index in [2.05, 4.69) is 16.7 Å². The maximum atomic E-state index is 11.3. The van der Waals surface area contributed by atoms with Crippen LogP contribution >= 0.6 is 0 Å². The van der Waals surface area contributed by atoms with Crippen molar-refractivity contribution in [3.8, 4) is 5.75 Å². The van der Waals surface area contributed by atoms with Gasteiger partial charge in [-0.15, -0.1) is 0 Å². The van der Waals surface area contributed by atoms with Crippen LogP contribution in [-0.2, 0) is 0 Å². The fraction of sp³-hybridized carbons (Fsp3) is 0.562. The van der Waals surface area contributed by atoms with Crippen LogP contribution in [0.2, 0.25) is 0 Å². The lowest BCUT2D eigenvalue weighted by atomic mass is 10.1. The molecule has 2 rings (SSSR count). The van der Waals surface area contributed by atoms with Gasteiger partial charge < -0.3 is 10.0 Å². The Kier molecular flexibility index (Phi) is 4.65. The summed E-state index contributed by atoms with van der Waals surface area (Å²) in [6.07, 6.45) is 2.50. The highest BCUT2D eigenvalue weighted by Crippen LogP contribution is 2.26. The molecule has 1 aliphatic rings. The standard InChI is InChI=1S/C16H24N2O2/c1-4-18-9-5-6-14(18)11-17(3)13-7-8-15(12(2)19)16(20)10-13/h7-8,10,14,20H,4-6,9,11H2,1-3H3. The normalized spacial score (nSPS) is 19.2. The molecule has 0 aromatic heterocycles. The molecule has 1 aromatic rings. The molecule has 1 N–H and O–H groups in total. The summed E-state index contributed by atoms with van der Waals surface area (Å²) in [6, 6.07) is 5.87. The lowest BCUT2D eigenvalue weighted by Crippen LogP contribution is -2.38. The highest BCUT2D eigenvalue weighted by atomic mass is 16.3. The molecule has 0 bridgehead atoms. The Morgan fingerprint density at radius 1 is 1.50 bits per heavy atom. The third-order valence-electron chi connectivity index (χ3n) is 4.19. The molecule has 1 saturated heterocycles. The smallest absolute Gasteiger partial charge is 0.163 e. The zero-order valence-corrected chi connectivity index (χ0v) is 12.6. The van der Waals surface area contributed by atoms with Crippen LogP contribution in [-0.4, -0.2) is 48.5 Å². The summed E-state index contributed by atoms with van der Waals surface area (Å²) in [6.45, 7) is 6.89. The van der Waals surface area contributed by atoms with Gasteiger partial charge in [0, 0.05) is 31.4 Å². The van der Waals surface area contributed by atoms with E-state index < -0.39 is 0 Å². The van der Waals surface area contributed by atoms with Crippen molar-refractivity contribution in [1.29, 1.82) is 0 Å². The van der Waals surface area contributed by atoms with Gasteiger partial charge in [-0.25, -0.2) is 0 Å². The Bertz CT molecular complexity index is 487. The fourth-order valence-corrected chi connectivity index (χ4v) is 2.99. The predicted octanol–water partition coefficient (Wildman–Crippen LogP) is 2.52. The number of hydrogen-bond donors (Lipinski definition) is 1. The van der Waals surface area contributed by atoms with Gasteiger partial charge in [-0.3, -0.25) is 9.69 Å². The molecule has 0 amide bonds. The SMILES string of the molecule is CCN1CCCC1CN(C)c1ccc(C(C)=O)c(O)c1. The van der Waals surface area contributed by atoms with Crippen molar-refractivity contribution in [3.63, 3.8) is 0 Å². The second-order valence-corrected chi connectivity index (χ2v) is 5.56. The number of likely N-dealkylation sites (N-methyl/N-ethyl adjacent to an activating group) is 2. The van der Waals surface area contributed by atoms with Crippen molar-refractivity contribution in [1.82, 2.24) is 4.90 Å². The monoisotopic (exact) mass is 276 g/mol. The molecule has 4 heteroatoms. The largest absolute Gasteiger partial charge is 0.507 e. The molecule has 1 atom stereocenters. The predicted molar refractivity (Wildman–Crippen MR) is 81.7 cm³/mol. The van der Waals surface area contributed by atoms with E-state index >= 15 is 0 Å². The number of anilines is 1. The van der Waals surface area contributed by atoms with Crippen LogP contribution in [0.5, 0.6) is 5.75 Å². The summed E-state index contributed by atoms with van der Waals surface area (Å²) in [5.74, 6) is -0.0368. The average Bonchev–Trinajstić information content (AvgIpc) is 2.85. The molecule has 0 radical (unpaired) electrons. The van der Waals surface area contributed by atoms with Crippen LogP contribution in [0.3, 0.4) is 0 Å². The van der Waals surface area contributed by atoms with Crippen LogP contribution < -0.4 is 4.90 Å². The second kappa shape index (κ2) is 6.27. The van der Waals surface area contributed by atoms with Crippen LogP contribution in [0, 0.1) is 0 Å². The van der Waals surface area contributed by atoms with Crippen molar-refractivity contribution >= 4 is 11.5 Å². The van der Waals surface area contributed by atoms with E-state index in [0.717, 1.165) is 18.8 Å². The lowest BCUT2D eigenvalue weighted by molar-refractivity contribution is 0.101. The van der Waals surface area contributed by atoms with E-state index in [1.165, 1.54) is 26.3 Å². The van der Waals surface area contributed by atoms with Crippen LogP contribution in [0.25, 0.3) is 0 Å². The fourth-order valence-electron chi connectivity index (χ4n) is 2.99. The number of benzene rings is 1. The molecular weight excluding hydrogens is 252 g/mol. The molecule has 4 nitrogen and oxygen atoms in total. The van der Waals surface area contributed by atoms with E-state index in [9.17, 15) is 9.90 Å². The number of likely N-dealkylation sites (tertiary alicyclic amines) is 1. The Morgan fingerprint density at radius 3 is 2.85 bits per heavy atom. The Balaban J connectivity index is 2.07. The first-order valence-corrected chi connectivity index (χ1v) is 7.32. The molecule has 0 aliphatic carbocycles. The summed E-state index contributed by atoms with van der Waals surface area (Å²) < 4.78 is 0. The molecular formula is C16H24N2O2. The lowest BCUT2D eigenvalue weighted by Gasteiger charge is -2.29. The van der Waals surface area contributed by atoms with Gasteiger partial charge in [0.25, 0.3) is 0 Å². The number of Topliss-reactive ketones (excluding diaryl/α,β-unsaturated/α-hetero) is 1. The molecule has 1 aliphatic heterocycles. The number of nitrogens with zero attached hydrogens (tertiary/aromatic N) is 2. The average molecular weight is 276 g/mol. The van der Waals surface area contributed by atoms with E-state index in [1.54, 1.807) is 12.1 Å². The number of phenolic OH excluding ortho intramolecular Hbond substituents is 1. The number of aromatic hydroxyl groups is 1. The Morgan fingerprint density at radius 2 is 2.25 bits per heavy atom.